The zero-order valence-electron chi connectivity index (χ0n) is 26.3. The van der Waals surface area contributed by atoms with Crippen molar-refractivity contribution in [1.29, 1.82) is 0 Å². The van der Waals surface area contributed by atoms with Crippen LogP contribution in [0.2, 0.25) is 0 Å². The molecule has 0 aliphatic heterocycles. The topological polar surface area (TPSA) is 3.24 Å². The molecule has 0 saturated heterocycles. The van der Waals surface area contributed by atoms with E-state index in [1.165, 1.54) is 64.3 Å². The monoisotopic (exact) mass is 629 g/mol. The van der Waals surface area contributed by atoms with E-state index in [1.54, 1.807) is 0 Å². The lowest BCUT2D eigenvalue weighted by atomic mass is 9.94. The van der Waals surface area contributed by atoms with Crippen LogP contribution in [0.15, 0.2) is 188 Å². The van der Waals surface area contributed by atoms with Crippen LogP contribution in [0.25, 0.3) is 64.3 Å². The summed E-state index contributed by atoms with van der Waals surface area (Å²) in [6, 6.07) is 67.9. The molecule has 0 fully saturated rings. The number of hydrogen-bond donors (Lipinski definition) is 0. The normalized spacial score (nSPS) is 11.3. The maximum absolute atomic E-state index is 2.35. The lowest BCUT2D eigenvalue weighted by Gasteiger charge is -2.26. The molecule has 9 rings (SSSR count). The number of thiophene rings is 1. The molecule has 0 saturated carbocycles. The van der Waals surface area contributed by atoms with Crippen molar-refractivity contribution in [3.63, 3.8) is 0 Å². The molecule has 0 atom stereocenters. The molecule has 8 aromatic carbocycles. The Balaban J connectivity index is 1.07. The zero-order valence-corrected chi connectivity index (χ0v) is 27.1. The average molecular weight is 630 g/mol. The van der Waals surface area contributed by atoms with Crippen LogP contribution in [0.5, 0.6) is 0 Å². The van der Waals surface area contributed by atoms with E-state index in [1.807, 2.05) is 11.3 Å². The number of rotatable bonds is 6. The fourth-order valence-electron chi connectivity index (χ4n) is 6.95. The van der Waals surface area contributed by atoms with E-state index in [4.69, 9.17) is 0 Å². The Hall–Kier alpha value is -5.96. The van der Waals surface area contributed by atoms with Crippen LogP contribution >= 0.6 is 11.3 Å². The number of nitrogens with zero attached hydrogens (tertiary/aromatic N) is 1. The minimum atomic E-state index is 1.12. The predicted octanol–water partition coefficient (Wildman–Crippen LogP) is 13.7. The van der Waals surface area contributed by atoms with Gasteiger partial charge in [0.2, 0.25) is 0 Å². The highest BCUT2D eigenvalue weighted by Gasteiger charge is 2.15. The van der Waals surface area contributed by atoms with E-state index in [2.05, 4.69) is 193 Å². The molecule has 0 radical (unpaired) electrons. The van der Waals surface area contributed by atoms with Gasteiger partial charge in [-0.15, -0.1) is 11.3 Å². The lowest BCUT2D eigenvalue weighted by molar-refractivity contribution is 1.28. The van der Waals surface area contributed by atoms with Gasteiger partial charge >= 0.3 is 0 Å². The van der Waals surface area contributed by atoms with E-state index in [9.17, 15) is 0 Å². The fraction of sp³-hybridized carbons (Fsp3) is 0. The van der Waals surface area contributed by atoms with Gasteiger partial charge in [-0.05, 0) is 92.7 Å². The highest BCUT2D eigenvalue weighted by Crippen LogP contribution is 2.41. The fourth-order valence-corrected chi connectivity index (χ4v) is 8.11. The molecule has 1 heterocycles. The summed E-state index contributed by atoms with van der Waals surface area (Å²) in [7, 11) is 0. The molecule has 9 aromatic rings. The van der Waals surface area contributed by atoms with Gasteiger partial charge in [0.15, 0.2) is 0 Å². The quantitative estimate of drug-likeness (QED) is 0.177. The summed E-state index contributed by atoms with van der Waals surface area (Å²) >= 11 is 1.88. The minimum Gasteiger partial charge on any atom is -0.311 e. The summed E-state index contributed by atoms with van der Waals surface area (Å²) in [6.07, 6.45) is 0. The first-order valence-electron chi connectivity index (χ1n) is 16.3. The first-order valence-corrected chi connectivity index (χ1v) is 17.2. The van der Waals surface area contributed by atoms with Gasteiger partial charge in [-0.1, -0.05) is 140 Å². The van der Waals surface area contributed by atoms with E-state index in [0.717, 1.165) is 17.1 Å². The Morgan fingerprint density at radius 3 is 1.58 bits per heavy atom. The predicted molar refractivity (Wildman–Crippen MR) is 208 cm³/mol. The summed E-state index contributed by atoms with van der Waals surface area (Å²) < 4.78 is 2.66. The third kappa shape index (κ3) is 5.04. The Morgan fingerprint density at radius 1 is 0.333 bits per heavy atom. The second-order valence-corrected chi connectivity index (χ2v) is 13.2. The molecule has 0 aliphatic carbocycles. The molecular formula is C46H31NS. The first kappa shape index (κ1) is 28.3. The highest BCUT2D eigenvalue weighted by atomic mass is 32.1. The van der Waals surface area contributed by atoms with Gasteiger partial charge in [0.1, 0.15) is 0 Å². The lowest BCUT2D eigenvalue weighted by Crippen LogP contribution is -2.09. The van der Waals surface area contributed by atoms with Gasteiger partial charge in [0.25, 0.3) is 0 Å². The Labute approximate surface area is 284 Å². The molecule has 48 heavy (non-hydrogen) atoms. The van der Waals surface area contributed by atoms with Crippen LogP contribution in [0.4, 0.5) is 17.1 Å². The second kappa shape index (κ2) is 12.0. The summed E-state index contributed by atoms with van der Waals surface area (Å²) in [5.74, 6) is 0. The summed E-state index contributed by atoms with van der Waals surface area (Å²) in [4.78, 5) is 2.33. The van der Waals surface area contributed by atoms with E-state index < -0.39 is 0 Å². The molecule has 0 unspecified atom stereocenters. The van der Waals surface area contributed by atoms with Crippen molar-refractivity contribution in [2.45, 2.75) is 0 Å². The molecule has 0 spiro atoms. The summed E-state index contributed by atoms with van der Waals surface area (Å²) in [5, 5.41) is 5.31. The Kier molecular flexibility index (Phi) is 7.07. The van der Waals surface area contributed by atoms with Gasteiger partial charge in [-0.2, -0.15) is 0 Å². The van der Waals surface area contributed by atoms with Gasteiger partial charge in [0.05, 0.1) is 0 Å². The van der Waals surface area contributed by atoms with Gasteiger partial charge < -0.3 is 4.90 Å². The Morgan fingerprint density at radius 2 is 0.875 bits per heavy atom. The van der Waals surface area contributed by atoms with E-state index >= 15 is 0 Å². The number of fused-ring (bicyclic) bond motifs is 5. The standard InChI is InChI=1S/C46H31NS/c1-3-11-33(12-4-1)40-16-9-10-17-41(40)35-21-27-39(28-22-35)47(37-14-5-2-6-15-37)38-25-19-32(20-26-38)36-23-29-43-45(31-36)48-44-30-24-34-13-7-8-18-42(34)46(43)44/h1-31H. The molecule has 1 aromatic heterocycles. The summed E-state index contributed by atoms with van der Waals surface area (Å²) in [6.45, 7) is 0. The number of hydrogen-bond acceptors (Lipinski definition) is 2. The zero-order chi connectivity index (χ0) is 31.9. The maximum atomic E-state index is 2.35. The van der Waals surface area contributed by atoms with E-state index in [0.29, 0.717) is 0 Å². The largest absolute Gasteiger partial charge is 0.311 e. The maximum Gasteiger partial charge on any atom is 0.0462 e. The Bertz CT molecular complexity index is 2530. The van der Waals surface area contributed by atoms with Crippen molar-refractivity contribution in [2.75, 3.05) is 4.90 Å². The molecule has 0 amide bonds. The van der Waals surface area contributed by atoms with Gasteiger partial charge in [0, 0.05) is 37.2 Å². The van der Waals surface area contributed by atoms with Crippen LogP contribution in [-0.4, -0.2) is 0 Å². The van der Waals surface area contributed by atoms with Crippen LogP contribution < -0.4 is 4.90 Å². The second-order valence-electron chi connectivity index (χ2n) is 12.1. The van der Waals surface area contributed by atoms with Crippen LogP contribution in [0, 0.1) is 0 Å². The van der Waals surface area contributed by atoms with Crippen LogP contribution in [0.1, 0.15) is 0 Å². The van der Waals surface area contributed by atoms with E-state index in [-0.39, 0.29) is 0 Å². The van der Waals surface area contributed by atoms with Gasteiger partial charge in [-0.3, -0.25) is 0 Å². The number of benzene rings is 8. The highest BCUT2D eigenvalue weighted by molar-refractivity contribution is 7.26. The van der Waals surface area contributed by atoms with Crippen molar-refractivity contribution in [3.8, 4) is 33.4 Å². The van der Waals surface area contributed by atoms with Crippen molar-refractivity contribution in [1.82, 2.24) is 0 Å². The minimum absolute atomic E-state index is 1.12. The van der Waals surface area contributed by atoms with Gasteiger partial charge in [-0.25, -0.2) is 0 Å². The molecule has 1 nitrogen and oxygen atoms in total. The smallest absolute Gasteiger partial charge is 0.0462 e. The third-order valence-electron chi connectivity index (χ3n) is 9.28. The molecule has 0 N–H and O–H groups in total. The van der Waals surface area contributed by atoms with Crippen molar-refractivity contribution >= 4 is 59.3 Å². The van der Waals surface area contributed by atoms with Crippen molar-refractivity contribution in [2.24, 2.45) is 0 Å². The third-order valence-corrected chi connectivity index (χ3v) is 10.4. The number of anilines is 3. The molecule has 226 valence electrons. The summed E-state index contributed by atoms with van der Waals surface area (Å²) in [5.41, 5.74) is 10.7. The van der Waals surface area contributed by atoms with Crippen LogP contribution in [0.3, 0.4) is 0 Å². The number of para-hydroxylation sites is 1. The molecule has 2 heteroatoms. The molecule has 0 bridgehead atoms. The first-order chi connectivity index (χ1) is 23.8. The average Bonchev–Trinajstić information content (AvgIpc) is 3.55. The SMILES string of the molecule is c1ccc(-c2ccccc2-c2ccc(N(c3ccccc3)c3ccc(-c4ccc5c(c4)sc4ccc6ccccc6c45)cc3)cc2)cc1. The van der Waals surface area contributed by atoms with Crippen molar-refractivity contribution < 1.29 is 0 Å². The molecular weight excluding hydrogens is 599 g/mol. The molecule has 0 aliphatic rings. The van der Waals surface area contributed by atoms with Crippen molar-refractivity contribution in [3.05, 3.63) is 188 Å². The van der Waals surface area contributed by atoms with Crippen LogP contribution in [-0.2, 0) is 0 Å².